The molecular weight excluding hydrogens is 290 g/mol. The van der Waals surface area contributed by atoms with Gasteiger partial charge in [-0.1, -0.05) is 31.7 Å². The average Bonchev–Trinajstić information content (AvgIpc) is 2.90. The van der Waals surface area contributed by atoms with E-state index in [1.165, 1.54) is 31.2 Å². The summed E-state index contributed by atoms with van der Waals surface area (Å²) in [5.41, 5.74) is 7.31. The molecular formula is C15H22BrNO. The topological polar surface area (TPSA) is 35.2 Å². The van der Waals surface area contributed by atoms with Gasteiger partial charge >= 0.3 is 0 Å². The molecule has 0 saturated heterocycles. The first-order valence-corrected chi connectivity index (χ1v) is 7.56. The number of halogens is 1. The maximum absolute atomic E-state index is 5.96. The van der Waals surface area contributed by atoms with Crippen LogP contribution in [-0.4, -0.2) is 13.7 Å². The normalized spacial score (nSPS) is 17.9. The summed E-state index contributed by atoms with van der Waals surface area (Å²) >= 11 is 3.55. The van der Waals surface area contributed by atoms with Crippen molar-refractivity contribution < 1.29 is 4.74 Å². The van der Waals surface area contributed by atoms with Gasteiger partial charge in [-0.3, -0.25) is 0 Å². The van der Waals surface area contributed by atoms with E-state index in [2.05, 4.69) is 28.1 Å². The zero-order chi connectivity index (χ0) is 13.0. The van der Waals surface area contributed by atoms with Crippen molar-refractivity contribution in [2.75, 3.05) is 13.7 Å². The van der Waals surface area contributed by atoms with E-state index in [0.29, 0.717) is 5.92 Å². The third kappa shape index (κ3) is 3.27. The second-order valence-electron chi connectivity index (χ2n) is 5.21. The van der Waals surface area contributed by atoms with Crippen molar-refractivity contribution in [3.05, 3.63) is 28.2 Å². The van der Waals surface area contributed by atoms with E-state index in [4.69, 9.17) is 10.5 Å². The Hall–Kier alpha value is -0.540. The van der Waals surface area contributed by atoms with E-state index in [1.807, 2.05) is 6.07 Å². The first-order valence-electron chi connectivity index (χ1n) is 6.77. The van der Waals surface area contributed by atoms with Gasteiger partial charge in [0.25, 0.3) is 0 Å². The zero-order valence-electron chi connectivity index (χ0n) is 11.0. The first kappa shape index (κ1) is 13.9. The van der Waals surface area contributed by atoms with Crippen LogP contribution in [-0.2, 0) is 6.42 Å². The number of rotatable bonds is 5. The Labute approximate surface area is 118 Å². The number of nitrogens with two attached hydrogens (primary N) is 1. The van der Waals surface area contributed by atoms with E-state index >= 15 is 0 Å². The van der Waals surface area contributed by atoms with Gasteiger partial charge in [-0.25, -0.2) is 0 Å². The molecule has 0 spiro atoms. The smallest absolute Gasteiger partial charge is 0.133 e. The fraction of sp³-hybridized carbons (Fsp3) is 0.600. The van der Waals surface area contributed by atoms with Crippen molar-refractivity contribution >= 4 is 15.9 Å². The SMILES string of the molecule is COc1ccc(CC(CN)C2CCCC2)cc1Br. The Balaban J connectivity index is 2.04. The molecule has 3 heteroatoms. The van der Waals surface area contributed by atoms with Crippen molar-refractivity contribution in [2.24, 2.45) is 17.6 Å². The van der Waals surface area contributed by atoms with Crippen LogP contribution in [0, 0.1) is 11.8 Å². The largest absolute Gasteiger partial charge is 0.496 e. The van der Waals surface area contributed by atoms with Gasteiger partial charge in [0.05, 0.1) is 11.6 Å². The van der Waals surface area contributed by atoms with E-state index < -0.39 is 0 Å². The molecule has 0 radical (unpaired) electrons. The lowest BCUT2D eigenvalue weighted by atomic mass is 9.86. The highest BCUT2D eigenvalue weighted by Crippen LogP contribution is 2.34. The van der Waals surface area contributed by atoms with Crippen molar-refractivity contribution in [1.29, 1.82) is 0 Å². The van der Waals surface area contributed by atoms with Gasteiger partial charge in [0, 0.05) is 0 Å². The molecule has 1 unspecified atom stereocenters. The maximum Gasteiger partial charge on any atom is 0.133 e. The Morgan fingerprint density at radius 3 is 2.67 bits per heavy atom. The van der Waals surface area contributed by atoms with Crippen LogP contribution in [0.4, 0.5) is 0 Å². The highest BCUT2D eigenvalue weighted by molar-refractivity contribution is 9.10. The van der Waals surface area contributed by atoms with Gasteiger partial charge in [-0.15, -0.1) is 0 Å². The quantitative estimate of drug-likeness (QED) is 0.898. The zero-order valence-corrected chi connectivity index (χ0v) is 12.6. The lowest BCUT2D eigenvalue weighted by Gasteiger charge is -2.22. The molecule has 0 bridgehead atoms. The molecule has 1 atom stereocenters. The predicted molar refractivity (Wildman–Crippen MR) is 78.9 cm³/mol. The summed E-state index contributed by atoms with van der Waals surface area (Å²) in [4.78, 5) is 0. The number of methoxy groups -OCH3 is 1. The summed E-state index contributed by atoms with van der Waals surface area (Å²) < 4.78 is 6.29. The van der Waals surface area contributed by atoms with Crippen molar-refractivity contribution in [2.45, 2.75) is 32.1 Å². The summed E-state index contributed by atoms with van der Waals surface area (Å²) in [7, 11) is 1.70. The molecule has 2 nitrogen and oxygen atoms in total. The van der Waals surface area contributed by atoms with Gasteiger partial charge in [0.2, 0.25) is 0 Å². The second-order valence-corrected chi connectivity index (χ2v) is 6.07. The fourth-order valence-corrected chi connectivity index (χ4v) is 3.60. The molecule has 0 amide bonds. The van der Waals surface area contributed by atoms with Crippen LogP contribution in [0.15, 0.2) is 22.7 Å². The molecule has 0 aromatic heterocycles. The molecule has 1 fully saturated rings. The number of hydrogen-bond donors (Lipinski definition) is 1. The van der Waals surface area contributed by atoms with Crippen molar-refractivity contribution in [1.82, 2.24) is 0 Å². The van der Waals surface area contributed by atoms with E-state index in [1.54, 1.807) is 7.11 Å². The summed E-state index contributed by atoms with van der Waals surface area (Å²) in [5, 5.41) is 0. The van der Waals surface area contributed by atoms with Crippen molar-refractivity contribution in [3.63, 3.8) is 0 Å². The molecule has 2 N–H and O–H groups in total. The Kier molecular flexibility index (Phi) is 5.07. The van der Waals surface area contributed by atoms with Gasteiger partial charge in [0.15, 0.2) is 0 Å². The third-order valence-electron chi connectivity index (χ3n) is 4.08. The summed E-state index contributed by atoms with van der Waals surface area (Å²) in [5.74, 6) is 2.35. The fourth-order valence-electron chi connectivity index (χ4n) is 3.01. The van der Waals surface area contributed by atoms with Gasteiger partial charge < -0.3 is 10.5 Å². The number of benzene rings is 1. The molecule has 1 aromatic rings. The Bertz CT molecular complexity index is 388. The van der Waals surface area contributed by atoms with Gasteiger partial charge in [-0.2, -0.15) is 0 Å². The van der Waals surface area contributed by atoms with Crippen molar-refractivity contribution in [3.8, 4) is 5.75 Å². The minimum absolute atomic E-state index is 0.632. The molecule has 1 saturated carbocycles. The molecule has 1 aliphatic carbocycles. The summed E-state index contributed by atoms with van der Waals surface area (Å²) in [6.45, 7) is 0.800. The van der Waals surface area contributed by atoms with Crippen LogP contribution in [0.3, 0.4) is 0 Å². The summed E-state index contributed by atoms with van der Waals surface area (Å²) in [6, 6.07) is 6.35. The molecule has 1 aliphatic rings. The van der Waals surface area contributed by atoms with Crippen LogP contribution in [0.2, 0.25) is 0 Å². The predicted octanol–water partition coefficient (Wildman–Crippen LogP) is 3.77. The molecule has 18 heavy (non-hydrogen) atoms. The lowest BCUT2D eigenvalue weighted by Crippen LogP contribution is -2.23. The lowest BCUT2D eigenvalue weighted by molar-refractivity contribution is 0.344. The maximum atomic E-state index is 5.96. The van der Waals surface area contributed by atoms with Crippen LogP contribution >= 0.6 is 15.9 Å². The van der Waals surface area contributed by atoms with Crippen LogP contribution in [0.25, 0.3) is 0 Å². The minimum Gasteiger partial charge on any atom is -0.496 e. The standard InChI is InChI=1S/C15H22BrNO/c1-18-15-7-6-11(9-14(15)16)8-13(10-17)12-4-2-3-5-12/h6-7,9,12-13H,2-5,8,10,17H2,1H3. The number of ether oxygens (including phenoxy) is 1. The highest BCUT2D eigenvalue weighted by atomic mass is 79.9. The minimum atomic E-state index is 0.632. The second kappa shape index (κ2) is 6.58. The average molecular weight is 312 g/mol. The monoisotopic (exact) mass is 311 g/mol. The van der Waals surface area contributed by atoms with Gasteiger partial charge in [0.1, 0.15) is 5.75 Å². The molecule has 0 heterocycles. The molecule has 2 rings (SSSR count). The van der Waals surface area contributed by atoms with E-state index in [-0.39, 0.29) is 0 Å². The van der Waals surface area contributed by atoms with Crippen LogP contribution in [0.5, 0.6) is 5.75 Å². The Morgan fingerprint density at radius 2 is 2.11 bits per heavy atom. The molecule has 100 valence electrons. The third-order valence-corrected chi connectivity index (χ3v) is 4.70. The summed E-state index contributed by atoms with van der Waals surface area (Å²) in [6.07, 6.45) is 6.57. The van der Waals surface area contributed by atoms with E-state index in [9.17, 15) is 0 Å². The van der Waals surface area contributed by atoms with Gasteiger partial charge in [-0.05, 0) is 58.4 Å². The molecule has 0 aliphatic heterocycles. The highest BCUT2D eigenvalue weighted by Gasteiger charge is 2.24. The Morgan fingerprint density at radius 1 is 1.39 bits per heavy atom. The number of hydrogen-bond acceptors (Lipinski definition) is 2. The van der Waals surface area contributed by atoms with E-state index in [0.717, 1.165) is 29.1 Å². The van der Waals surface area contributed by atoms with Crippen LogP contribution in [0.1, 0.15) is 31.2 Å². The van der Waals surface area contributed by atoms with Crippen LogP contribution < -0.4 is 10.5 Å². The molecule has 1 aromatic carbocycles. The first-order chi connectivity index (χ1) is 8.74.